The van der Waals surface area contributed by atoms with Crippen LogP contribution in [0.3, 0.4) is 0 Å². The summed E-state index contributed by atoms with van der Waals surface area (Å²) >= 11 is 0. The second-order valence-electron chi connectivity index (χ2n) is 5.10. The molecule has 6 heteroatoms. The summed E-state index contributed by atoms with van der Waals surface area (Å²) in [6.45, 7) is 4.84. The molecule has 1 aromatic rings. The first-order valence-electron chi connectivity index (χ1n) is 7.08. The van der Waals surface area contributed by atoms with E-state index in [0.29, 0.717) is 42.9 Å². The fraction of sp³-hybridized carbons (Fsp3) is 0.533. The number of fused-ring (bicyclic) bond motifs is 1. The number of benzene rings is 1. The molecule has 0 aromatic heterocycles. The zero-order valence-electron chi connectivity index (χ0n) is 12.5. The van der Waals surface area contributed by atoms with Crippen LogP contribution in [0.4, 0.5) is 5.69 Å². The summed E-state index contributed by atoms with van der Waals surface area (Å²) in [4.78, 5) is 11.8. The minimum Gasteiger partial charge on any atom is -0.486 e. The Kier molecular flexibility index (Phi) is 5.83. The van der Waals surface area contributed by atoms with Crippen molar-refractivity contribution in [3.63, 3.8) is 0 Å². The molecule has 1 atom stereocenters. The van der Waals surface area contributed by atoms with Gasteiger partial charge in [-0.05, 0) is 18.1 Å². The van der Waals surface area contributed by atoms with Gasteiger partial charge in [-0.1, -0.05) is 6.92 Å². The van der Waals surface area contributed by atoms with Crippen molar-refractivity contribution < 1.29 is 19.0 Å². The first-order chi connectivity index (χ1) is 10.2. The van der Waals surface area contributed by atoms with Crippen LogP contribution in [0, 0.1) is 5.92 Å². The Morgan fingerprint density at radius 3 is 2.86 bits per heavy atom. The topological polar surface area (TPSA) is 68.8 Å². The maximum absolute atomic E-state index is 11.8. The predicted octanol–water partition coefficient (Wildman–Crippen LogP) is 1.27. The largest absolute Gasteiger partial charge is 0.486 e. The van der Waals surface area contributed by atoms with Gasteiger partial charge in [0, 0.05) is 32.0 Å². The number of rotatable bonds is 7. The molecule has 1 aliphatic heterocycles. The summed E-state index contributed by atoms with van der Waals surface area (Å²) in [5.74, 6) is 1.67. The third-order valence-corrected chi connectivity index (χ3v) is 3.06. The zero-order valence-corrected chi connectivity index (χ0v) is 12.5. The van der Waals surface area contributed by atoms with Gasteiger partial charge in [0.1, 0.15) is 13.2 Å². The number of methoxy groups -OCH3 is 1. The second kappa shape index (κ2) is 7.85. The van der Waals surface area contributed by atoms with Crippen molar-refractivity contribution in [2.45, 2.75) is 6.92 Å². The van der Waals surface area contributed by atoms with Crippen LogP contribution in [-0.2, 0) is 9.53 Å². The van der Waals surface area contributed by atoms with Crippen LogP contribution in [0.1, 0.15) is 6.92 Å². The van der Waals surface area contributed by atoms with E-state index in [9.17, 15) is 4.79 Å². The smallest absolute Gasteiger partial charge is 0.238 e. The van der Waals surface area contributed by atoms with Gasteiger partial charge < -0.3 is 24.8 Å². The lowest BCUT2D eigenvalue weighted by Crippen LogP contribution is -2.32. The highest BCUT2D eigenvalue weighted by Gasteiger charge is 2.12. The van der Waals surface area contributed by atoms with Gasteiger partial charge in [0.05, 0.1) is 6.54 Å². The average Bonchev–Trinajstić information content (AvgIpc) is 2.47. The molecule has 1 amide bonds. The minimum absolute atomic E-state index is 0.0868. The Bertz CT molecular complexity index is 479. The molecule has 0 bridgehead atoms. The van der Waals surface area contributed by atoms with Gasteiger partial charge in [-0.2, -0.15) is 0 Å². The number of anilines is 1. The summed E-state index contributed by atoms with van der Waals surface area (Å²) in [5, 5.41) is 5.93. The molecule has 0 aliphatic carbocycles. The van der Waals surface area contributed by atoms with E-state index in [1.54, 1.807) is 25.3 Å². The van der Waals surface area contributed by atoms with Crippen LogP contribution in [0.25, 0.3) is 0 Å². The lowest BCUT2D eigenvalue weighted by atomic mass is 10.2. The molecule has 2 rings (SSSR count). The third-order valence-electron chi connectivity index (χ3n) is 3.06. The Morgan fingerprint density at radius 1 is 1.33 bits per heavy atom. The molecule has 1 aliphatic rings. The van der Waals surface area contributed by atoms with Crippen LogP contribution in [0.5, 0.6) is 11.5 Å². The molecule has 6 nitrogen and oxygen atoms in total. The molecule has 0 saturated carbocycles. The van der Waals surface area contributed by atoms with Gasteiger partial charge in [-0.25, -0.2) is 0 Å². The van der Waals surface area contributed by atoms with Crippen molar-refractivity contribution in [1.29, 1.82) is 0 Å². The number of carbonyl (C=O) groups is 1. The minimum atomic E-state index is -0.0868. The summed E-state index contributed by atoms with van der Waals surface area (Å²) in [7, 11) is 1.67. The summed E-state index contributed by atoms with van der Waals surface area (Å²) in [6.07, 6.45) is 0. The van der Waals surface area contributed by atoms with E-state index in [0.717, 1.165) is 6.54 Å². The first kappa shape index (κ1) is 15.6. The van der Waals surface area contributed by atoms with E-state index < -0.39 is 0 Å². The summed E-state index contributed by atoms with van der Waals surface area (Å²) in [6, 6.07) is 5.39. The lowest BCUT2D eigenvalue weighted by Gasteiger charge is -2.19. The Hall–Kier alpha value is -1.79. The molecular weight excluding hydrogens is 272 g/mol. The van der Waals surface area contributed by atoms with Crippen molar-refractivity contribution in [2.75, 3.05) is 45.3 Å². The van der Waals surface area contributed by atoms with Gasteiger partial charge in [-0.15, -0.1) is 0 Å². The predicted molar refractivity (Wildman–Crippen MR) is 80.0 cm³/mol. The quantitative estimate of drug-likeness (QED) is 0.792. The van der Waals surface area contributed by atoms with Crippen molar-refractivity contribution in [3.8, 4) is 11.5 Å². The average molecular weight is 294 g/mol. The highest BCUT2D eigenvalue weighted by atomic mass is 16.6. The maximum Gasteiger partial charge on any atom is 0.238 e. The zero-order chi connectivity index (χ0) is 15.1. The molecule has 1 unspecified atom stereocenters. The SMILES string of the molecule is COCC(C)CNCC(=O)Nc1ccc2c(c1)OCCO2. The van der Waals surface area contributed by atoms with Crippen LogP contribution in [0.2, 0.25) is 0 Å². The van der Waals surface area contributed by atoms with Crippen LogP contribution in [0.15, 0.2) is 18.2 Å². The van der Waals surface area contributed by atoms with Crippen LogP contribution >= 0.6 is 0 Å². The standard InChI is InChI=1S/C15H22N2O4/c1-11(10-19-2)8-16-9-15(18)17-12-3-4-13-14(7-12)21-6-5-20-13/h3-4,7,11,16H,5-6,8-10H2,1-2H3,(H,17,18). The van der Waals surface area contributed by atoms with Crippen molar-refractivity contribution in [3.05, 3.63) is 18.2 Å². The number of amides is 1. The molecule has 0 fully saturated rings. The van der Waals surface area contributed by atoms with Crippen LogP contribution in [-0.4, -0.2) is 45.9 Å². The second-order valence-corrected chi connectivity index (χ2v) is 5.10. The number of carbonyl (C=O) groups excluding carboxylic acids is 1. The van der Waals surface area contributed by atoms with Crippen LogP contribution < -0.4 is 20.1 Å². The lowest BCUT2D eigenvalue weighted by molar-refractivity contribution is -0.115. The van der Waals surface area contributed by atoms with E-state index >= 15 is 0 Å². The van der Waals surface area contributed by atoms with Gasteiger partial charge in [0.15, 0.2) is 11.5 Å². The van der Waals surface area contributed by atoms with Crippen molar-refractivity contribution in [1.82, 2.24) is 5.32 Å². The number of ether oxygens (including phenoxy) is 3. The molecule has 21 heavy (non-hydrogen) atoms. The van der Waals surface area contributed by atoms with E-state index in [-0.39, 0.29) is 12.5 Å². The van der Waals surface area contributed by atoms with Crippen molar-refractivity contribution >= 4 is 11.6 Å². The molecule has 1 aromatic carbocycles. The number of hydrogen-bond acceptors (Lipinski definition) is 5. The highest BCUT2D eigenvalue weighted by Crippen LogP contribution is 2.32. The fourth-order valence-corrected chi connectivity index (χ4v) is 2.10. The molecular formula is C15H22N2O4. The highest BCUT2D eigenvalue weighted by molar-refractivity contribution is 5.92. The van der Waals surface area contributed by atoms with Crippen molar-refractivity contribution in [2.24, 2.45) is 5.92 Å². The van der Waals surface area contributed by atoms with E-state index in [2.05, 4.69) is 17.6 Å². The third kappa shape index (κ3) is 4.91. The molecule has 0 spiro atoms. The molecule has 0 radical (unpaired) electrons. The number of hydrogen-bond donors (Lipinski definition) is 2. The van der Waals surface area contributed by atoms with Gasteiger partial charge in [0.25, 0.3) is 0 Å². The summed E-state index contributed by atoms with van der Waals surface area (Å²) < 4.78 is 16.0. The van der Waals surface area contributed by atoms with E-state index in [4.69, 9.17) is 14.2 Å². The number of nitrogens with one attached hydrogen (secondary N) is 2. The Labute approximate surface area is 124 Å². The fourth-order valence-electron chi connectivity index (χ4n) is 2.10. The summed E-state index contributed by atoms with van der Waals surface area (Å²) in [5.41, 5.74) is 0.705. The molecule has 0 saturated heterocycles. The van der Waals surface area contributed by atoms with Gasteiger partial charge >= 0.3 is 0 Å². The maximum atomic E-state index is 11.8. The first-order valence-corrected chi connectivity index (χ1v) is 7.08. The Morgan fingerprint density at radius 2 is 2.10 bits per heavy atom. The van der Waals surface area contributed by atoms with Gasteiger partial charge in [-0.3, -0.25) is 4.79 Å². The van der Waals surface area contributed by atoms with Gasteiger partial charge in [0.2, 0.25) is 5.91 Å². The molecule has 2 N–H and O–H groups in total. The normalized spacial score (nSPS) is 14.6. The van der Waals surface area contributed by atoms with E-state index in [1.165, 1.54) is 0 Å². The molecule has 116 valence electrons. The van der Waals surface area contributed by atoms with E-state index in [1.807, 2.05) is 0 Å². The monoisotopic (exact) mass is 294 g/mol. The molecule has 1 heterocycles. The Balaban J connectivity index is 1.77.